The van der Waals surface area contributed by atoms with Crippen molar-refractivity contribution in [3.63, 3.8) is 0 Å². The molecule has 1 N–H and O–H groups in total. The standard InChI is InChI=1S/C19H18Cl2N4O5/c1-11-18(25(27)28)12(2)24(23-11)9-8-22-19(26)16-7-6-13(30-16)10-29-15-5-3-4-14(20)17(15)21/h3-7H,8-10H2,1-2H3,(H,22,26). The molecule has 30 heavy (non-hydrogen) atoms. The normalized spacial score (nSPS) is 10.8. The van der Waals surface area contributed by atoms with Crippen LogP contribution in [0.15, 0.2) is 34.7 Å². The number of hydrogen-bond donors (Lipinski definition) is 1. The van der Waals surface area contributed by atoms with Crippen molar-refractivity contribution in [3.05, 3.63) is 73.4 Å². The number of benzene rings is 1. The van der Waals surface area contributed by atoms with E-state index in [1.807, 2.05) is 0 Å². The fourth-order valence-electron chi connectivity index (χ4n) is 2.85. The Balaban J connectivity index is 1.53. The Labute approximate surface area is 181 Å². The molecule has 1 aromatic carbocycles. The van der Waals surface area contributed by atoms with E-state index in [1.165, 1.54) is 10.7 Å². The third-order valence-electron chi connectivity index (χ3n) is 4.31. The van der Waals surface area contributed by atoms with E-state index in [9.17, 15) is 14.9 Å². The van der Waals surface area contributed by atoms with Gasteiger partial charge in [0.05, 0.1) is 16.5 Å². The molecule has 0 aliphatic heterocycles. The Bertz CT molecular complexity index is 1090. The summed E-state index contributed by atoms with van der Waals surface area (Å²) in [6.07, 6.45) is 0. The number of furan rings is 1. The van der Waals surface area contributed by atoms with Crippen molar-refractivity contribution >= 4 is 34.8 Å². The number of aryl methyl sites for hydroxylation is 1. The monoisotopic (exact) mass is 452 g/mol. The molecule has 9 nitrogen and oxygen atoms in total. The number of halogens is 2. The lowest BCUT2D eigenvalue weighted by molar-refractivity contribution is -0.386. The molecule has 2 heterocycles. The van der Waals surface area contributed by atoms with Crippen LogP contribution in [-0.4, -0.2) is 27.2 Å². The smallest absolute Gasteiger partial charge is 0.312 e. The van der Waals surface area contributed by atoms with E-state index < -0.39 is 10.8 Å². The number of nitrogens with zero attached hydrogens (tertiary/aromatic N) is 3. The van der Waals surface area contributed by atoms with Crippen LogP contribution in [0.4, 0.5) is 5.69 Å². The van der Waals surface area contributed by atoms with Gasteiger partial charge in [-0.1, -0.05) is 29.3 Å². The van der Waals surface area contributed by atoms with Crippen LogP contribution in [0.2, 0.25) is 10.0 Å². The van der Waals surface area contributed by atoms with Gasteiger partial charge in [0.25, 0.3) is 5.91 Å². The summed E-state index contributed by atoms with van der Waals surface area (Å²) in [7, 11) is 0. The lowest BCUT2D eigenvalue weighted by Crippen LogP contribution is -2.27. The molecule has 11 heteroatoms. The second kappa shape index (κ2) is 9.19. The minimum Gasteiger partial charge on any atom is -0.484 e. The van der Waals surface area contributed by atoms with E-state index in [2.05, 4.69) is 10.4 Å². The second-order valence-electron chi connectivity index (χ2n) is 6.36. The molecular weight excluding hydrogens is 435 g/mol. The maximum Gasteiger partial charge on any atom is 0.312 e. The van der Waals surface area contributed by atoms with Crippen LogP contribution in [0.3, 0.4) is 0 Å². The molecule has 0 unspecified atom stereocenters. The number of hydrogen-bond acceptors (Lipinski definition) is 6. The van der Waals surface area contributed by atoms with Crippen molar-refractivity contribution in [2.24, 2.45) is 0 Å². The molecule has 0 aliphatic rings. The van der Waals surface area contributed by atoms with Gasteiger partial charge in [0.1, 0.15) is 34.5 Å². The molecule has 0 radical (unpaired) electrons. The van der Waals surface area contributed by atoms with Crippen molar-refractivity contribution in [3.8, 4) is 5.75 Å². The van der Waals surface area contributed by atoms with Crippen LogP contribution < -0.4 is 10.1 Å². The Morgan fingerprint density at radius 1 is 1.30 bits per heavy atom. The van der Waals surface area contributed by atoms with Gasteiger partial charge in [-0.2, -0.15) is 5.10 Å². The lowest BCUT2D eigenvalue weighted by atomic mass is 10.3. The van der Waals surface area contributed by atoms with Gasteiger partial charge in [0.2, 0.25) is 0 Å². The van der Waals surface area contributed by atoms with E-state index in [1.54, 1.807) is 38.1 Å². The van der Waals surface area contributed by atoms with Gasteiger partial charge in [0.15, 0.2) is 5.76 Å². The maximum atomic E-state index is 12.3. The summed E-state index contributed by atoms with van der Waals surface area (Å²) in [5.41, 5.74) is 0.750. The van der Waals surface area contributed by atoms with Crippen molar-refractivity contribution in [2.75, 3.05) is 6.54 Å². The maximum absolute atomic E-state index is 12.3. The molecule has 1 amide bonds. The van der Waals surface area contributed by atoms with Gasteiger partial charge in [-0.3, -0.25) is 19.6 Å². The quantitative estimate of drug-likeness (QED) is 0.402. The first-order chi connectivity index (χ1) is 14.3. The number of ether oxygens (including phenoxy) is 1. The van der Waals surface area contributed by atoms with Crippen LogP contribution in [0, 0.1) is 24.0 Å². The predicted molar refractivity (Wildman–Crippen MR) is 110 cm³/mol. The number of nitrogens with one attached hydrogen (secondary N) is 1. The highest BCUT2D eigenvalue weighted by atomic mass is 35.5. The third-order valence-corrected chi connectivity index (χ3v) is 5.11. The Morgan fingerprint density at radius 3 is 2.77 bits per heavy atom. The zero-order valence-corrected chi connectivity index (χ0v) is 17.7. The molecule has 0 bridgehead atoms. The molecule has 0 atom stereocenters. The highest BCUT2D eigenvalue weighted by molar-refractivity contribution is 6.42. The molecule has 0 spiro atoms. The number of rotatable bonds is 8. The lowest BCUT2D eigenvalue weighted by Gasteiger charge is -2.07. The van der Waals surface area contributed by atoms with E-state index >= 15 is 0 Å². The molecule has 2 aromatic heterocycles. The number of amides is 1. The van der Waals surface area contributed by atoms with Gasteiger partial charge in [-0.25, -0.2) is 0 Å². The molecular formula is C19H18Cl2N4O5. The van der Waals surface area contributed by atoms with Crippen molar-refractivity contribution in [1.29, 1.82) is 0 Å². The zero-order valence-electron chi connectivity index (χ0n) is 16.1. The van der Waals surface area contributed by atoms with E-state index in [-0.39, 0.29) is 31.1 Å². The van der Waals surface area contributed by atoms with Crippen LogP contribution in [0.5, 0.6) is 5.75 Å². The van der Waals surface area contributed by atoms with Crippen molar-refractivity contribution in [2.45, 2.75) is 27.0 Å². The molecule has 0 saturated heterocycles. The van der Waals surface area contributed by atoms with Crippen LogP contribution in [0.1, 0.15) is 27.7 Å². The summed E-state index contributed by atoms with van der Waals surface area (Å²) >= 11 is 12.0. The van der Waals surface area contributed by atoms with Gasteiger partial charge in [0, 0.05) is 6.54 Å². The average molecular weight is 453 g/mol. The fourth-order valence-corrected chi connectivity index (χ4v) is 3.20. The van der Waals surface area contributed by atoms with E-state index in [0.29, 0.717) is 32.9 Å². The summed E-state index contributed by atoms with van der Waals surface area (Å²) < 4.78 is 12.6. The first-order valence-corrected chi connectivity index (χ1v) is 9.65. The zero-order chi connectivity index (χ0) is 21.8. The highest BCUT2D eigenvalue weighted by Crippen LogP contribution is 2.32. The van der Waals surface area contributed by atoms with Gasteiger partial charge in [-0.05, 0) is 38.1 Å². The second-order valence-corrected chi connectivity index (χ2v) is 7.15. The van der Waals surface area contributed by atoms with E-state index in [4.69, 9.17) is 32.4 Å². The SMILES string of the molecule is Cc1nn(CCNC(=O)c2ccc(COc3cccc(Cl)c3Cl)o2)c(C)c1[N+](=O)[O-]. The molecule has 0 saturated carbocycles. The first kappa shape index (κ1) is 21.7. The number of nitro groups is 1. The van der Waals surface area contributed by atoms with Crippen molar-refractivity contribution in [1.82, 2.24) is 15.1 Å². The largest absolute Gasteiger partial charge is 0.484 e. The highest BCUT2D eigenvalue weighted by Gasteiger charge is 2.21. The van der Waals surface area contributed by atoms with Crippen molar-refractivity contribution < 1.29 is 18.9 Å². The topological polar surface area (TPSA) is 112 Å². The summed E-state index contributed by atoms with van der Waals surface area (Å²) in [4.78, 5) is 22.9. The first-order valence-electron chi connectivity index (χ1n) is 8.90. The number of aromatic nitrogens is 2. The summed E-state index contributed by atoms with van der Waals surface area (Å²) in [6, 6.07) is 8.19. The molecule has 3 rings (SSSR count). The number of carbonyl (C=O) groups excluding carboxylic acids is 1. The molecule has 158 valence electrons. The van der Waals surface area contributed by atoms with Crippen LogP contribution >= 0.6 is 23.2 Å². The summed E-state index contributed by atoms with van der Waals surface area (Å²) in [5, 5.41) is 18.6. The number of carbonyl (C=O) groups is 1. The van der Waals surface area contributed by atoms with Gasteiger partial charge in [-0.15, -0.1) is 0 Å². The third kappa shape index (κ3) is 4.74. The summed E-state index contributed by atoms with van der Waals surface area (Å²) in [5.74, 6) is 0.541. The van der Waals surface area contributed by atoms with Gasteiger partial charge < -0.3 is 14.5 Å². The van der Waals surface area contributed by atoms with E-state index in [0.717, 1.165) is 0 Å². The van der Waals surface area contributed by atoms with Gasteiger partial charge >= 0.3 is 5.69 Å². The Kier molecular flexibility index (Phi) is 6.63. The molecule has 3 aromatic rings. The molecule has 0 fully saturated rings. The summed E-state index contributed by atoms with van der Waals surface area (Å²) in [6.45, 7) is 3.77. The Morgan fingerprint density at radius 2 is 2.07 bits per heavy atom. The van der Waals surface area contributed by atoms with Crippen LogP contribution in [0.25, 0.3) is 0 Å². The molecule has 0 aliphatic carbocycles. The average Bonchev–Trinajstić information content (AvgIpc) is 3.27. The predicted octanol–water partition coefficient (Wildman–Crippen LogP) is 4.32. The Hall–Kier alpha value is -3.04. The minimum atomic E-state index is -0.463. The van der Waals surface area contributed by atoms with Crippen LogP contribution in [-0.2, 0) is 13.2 Å². The minimum absolute atomic E-state index is 0.0168. The fraction of sp³-hybridized carbons (Fsp3) is 0.263.